The van der Waals surface area contributed by atoms with E-state index < -0.39 is 0 Å². The quantitative estimate of drug-likeness (QED) is 0.685. The van der Waals surface area contributed by atoms with E-state index in [0.29, 0.717) is 11.1 Å². The smallest absolute Gasteiger partial charge is 0.255 e. The van der Waals surface area contributed by atoms with Crippen molar-refractivity contribution in [2.75, 3.05) is 0 Å². The molecule has 26 heavy (non-hydrogen) atoms. The first kappa shape index (κ1) is 15.9. The maximum Gasteiger partial charge on any atom is 0.255 e. The van der Waals surface area contributed by atoms with Gasteiger partial charge in [-0.25, -0.2) is 0 Å². The van der Waals surface area contributed by atoms with Gasteiger partial charge in [0.15, 0.2) is 0 Å². The number of para-hydroxylation sites is 1. The summed E-state index contributed by atoms with van der Waals surface area (Å²) in [4.78, 5) is 12.2. The van der Waals surface area contributed by atoms with Crippen molar-refractivity contribution in [1.29, 1.82) is 0 Å². The van der Waals surface area contributed by atoms with Gasteiger partial charge in [-0.05, 0) is 34.9 Å². The van der Waals surface area contributed by atoms with Crippen molar-refractivity contribution in [1.82, 2.24) is 5.32 Å². The maximum absolute atomic E-state index is 12.2. The van der Waals surface area contributed by atoms with Gasteiger partial charge in [0.05, 0.1) is 0 Å². The monoisotopic (exact) mass is 339 g/mol. The summed E-state index contributed by atoms with van der Waals surface area (Å²) in [5.74, 6) is -0.0164. The zero-order valence-corrected chi connectivity index (χ0v) is 14.0. The van der Waals surface area contributed by atoms with E-state index in [-0.39, 0.29) is 11.7 Å². The van der Waals surface area contributed by atoms with Gasteiger partial charge < -0.3 is 10.4 Å². The summed E-state index contributed by atoms with van der Waals surface area (Å²) in [7, 11) is 0. The molecule has 1 heterocycles. The third kappa shape index (κ3) is 3.15. The number of amides is 1. The van der Waals surface area contributed by atoms with E-state index in [1.807, 2.05) is 54.6 Å². The van der Waals surface area contributed by atoms with Crippen LogP contribution in [0.25, 0.3) is 22.9 Å². The molecule has 0 radical (unpaired) electrons. The lowest BCUT2D eigenvalue weighted by Crippen LogP contribution is -2.15. The lowest BCUT2D eigenvalue weighted by molar-refractivity contribution is -0.115. The fraction of sp³-hybridized carbons (Fsp3) is 0. The van der Waals surface area contributed by atoms with Crippen LogP contribution >= 0.6 is 0 Å². The molecule has 1 amide bonds. The number of benzene rings is 3. The molecule has 1 aliphatic rings. The first-order valence-corrected chi connectivity index (χ1v) is 8.39. The predicted molar refractivity (Wildman–Crippen MR) is 104 cm³/mol. The van der Waals surface area contributed by atoms with E-state index >= 15 is 0 Å². The van der Waals surface area contributed by atoms with E-state index in [9.17, 15) is 9.90 Å². The number of aromatic hydroxyl groups is 1. The second kappa shape index (κ2) is 6.73. The van der Waals surface area contributed by atoms with Crippen molar-refractivity contribution in [2.24, 2.45) is 0 Å². The SMILES string of the molecule is O=C1NC(c2ccc(-c3ccccc3)cc2)=C/C1=C\c1ccccc1O. The largest absolute Gasteiger partial charge is 0.507 e. The summed E-state index contributed by atoms with van der Waals surface area (Å²) in [6.07, 6.45) is 3.50. The van der Waals surface area contributed by atoms with Gasteiger partial charge in [-0.1, -0.05) is 72.8 Å². The number of nitrogens with one attached hydrogen (secondary N) is 1. The number of hydrogen-bond donors (Lipinski definition) is 2. The maximum atomic E-state index is 12.2. The fourth-order valence-electron chi connectivity index (χ4n) is 2.96. The second-order valence-corrected chi connectivity index (χ2v) is 6.11. The van der Waals surface area contributed by atoms with E-state index in [2.05, 4.69) is 17.4 Å². The van der Waals surface area contributed by atoms with Gasteiger partial charge in [-0.3, -0.25) is 4.79 Å². The highest BCUT2D eigenvalue weighted by atomic mass is 16.3. The number of rotatable bonds is 3. The van der Waals surface area contributed by atoms with Crippen LogP contribution in [0.5, 0.6) is 5.75 Å². The molecule has 2 N–H and O–H groups in total. The molecule has 126 valence electrons. The second-order valence-electron chi connectivity index (χ2n) is 6.11. The van der Waals surface area contributed by atoms with Crippen molar-refractivity contribution in [3.63, 3.8) is 0 Å². The van der Waals surface area contributed by atoms with Crippen LogP contribution in [0.3, 0.4) is 0 Å². The van der Waals surface area contributed by atoms with Crippen LogP contribution < -0.4 is 5.32 Å². The van der Waals surface area contributed by atoms with Crippen molar-refractivity contribution in [3.8, 4) is 16.9 Å². The lowest BCUT2D eigenvalue weighted by Gasteiger charge is -2.05. The number of hydrogen-bond acceptors (Lipinski definition) is 2. The van der Waals surface area contributed by atoms with Crippen LogP contribution in [0.2, 0.25) is 0 Å². The molecule has 3 aromatic carbocycles. The fourth-order valence-corrected chi connectivity index (χ4v) is 2.96. The van der Waals surface area contributed by atoms with E-state index in [1.54, 1.807) is 24.3 Å². The summed E-state index contributed by atoms with van der Waals surface area (Å²) < 4.78 is 0. The summed E-state index contributed by atoms with van der Waals surface area (Å²) in [5, 5.41) is 12.8. The van der Waals surface area contributed by atoms with Gasteiger partial charge in [0.2, 0.25) is 0 Å². The first-order valence-electron chi connectivity index (χ1n) is 8.39. The molecule has 0 spiro atoms. The number of phenolic OH excluding ortho intramolecular Hbond substituents is 1. The average Bonchev–Trinajstić information content (AvgIpc) is 3.05. The Morgan fingerprint density at radius 2 is 1.35 bits per heavy atom. The van der Waals surface area contributed by atoms with Crippen molar-refractivity contribution in [3.05, 3.63) is 102 Å². The predicted octanol–water partition coefficient (Wildman–Crippen LogP) is 4.61. The molecular formula is C23H17NO2. The molecular weight excluding hydrogens is 322 g/mol. The Morgan fingerprint density at radius 1 is 0.731 bits per heavy atom. The van der Waals surface area contributed by atoms with Crippen molar-refractivity contribution < 1.29 is 9.90 Å². The third-order valence-electron chi connectivity index (χ3n) is 4.36. The number of carbonyl (C=O) groups is 1. The highest BCUT2D eigenvalue weighted by molar-refractivity contribution is 6.10. The Labute approximate surface area is 151 Å². The normalized spacial score (nSPS) is 15.0. The van der Waals surface area contributed by atoms with Crippen molar-refractivity contribution >= 4 is 17.7 Å². The summed E-state index contributed by atoms with van der Waals surface area (Å²) in [6.45, 7) is 0. The van der Waals surface area contributed by atoms with Crippen LogP contribution in [0, 0.1) is 0 Å². The van der Waals surface area contributed by atoms with Gasteiger partial charge in [0.25, 0.3) is 5.91 Å². The molecule has 0 saturated heterocycles. The molecule has 1 aliphatic heterocycles. The minimum absolute atomic E-state index is 0.155. The summed E-state index contributed by atoms with van der Waals surface area (Å²) in [5.41, 5.74) is 5.13. The molecule has 0 atom stereocenters. The zero-order valence-electron chi connectivity index (χ0n) is 14.0. The van der Waals surface area contributed by atoms with Gasteiger partial charge in [0.1, 0.15) is 5.75 Å². The molecule has 0 unspecified atom stereocenters. The zero-order chi connectivity index (χ0) is 17.9. The van der Waals surface area contributed by atoms with Gasteiger partial charge in [0, 0.05) is 16.8 Å². The summed E-state index contributed by atoms with van der Waals surface area (Å²) >= 11 is 0. The van der Waals surface area contributed by atoms with Crippen LogP contribution in [-0.2, 0) is 4.79 Å². The lowest BCUT2D eigenvalue weighted by atomic mass is 10.0. The Hall–Kier alpha value is -3.59. The topological polar surface area (TPSA) is 49.3 Å². The van der Waals surface area contributed by atoms with Crippen LogP contribution in [0.1, 0.15) is 11.1 Å². The minimum atomic E-state index is -0.171. The molecule has 4 rings (SSSR count). The summed E-state index contributed by atoms with van der Waals surface area (Å²) in [6, 6.07) is 25.2. The molecule has 0 saturated carbocycles. The third-order valence-corrected chi connectivity index (χ3v) is 4.36. The first-order chi connectivity index (χ1) is 12.7. The Balaban J connectivity index is 1.62. The molecule has 0 bridgehead atoms. The van der Waals surface area contributed by atoms with Crippen LogP contribution in [0.4, 0.5) is 0 Å². The highest BCUT2D eigenvalue weighted by Crippen LogP contribution is 2.27. The van der Waals surface area contributed by atoms with Gasteiger partial charge in [-0.2, -0.15) is 0 Å². The number of carbonyl (C=O) groups excluding carboxylic acids is 1. The van der Waals surface area contributed by atoms with E-state index in [4.69, 9.17) is 0 Å². The van der Waals surface area contributed by atoms with Gasteiger partial charge >= 0.3 is 0 Å². The Morgan fingerprint density at radius 3 is 2.08 bits per heavy atom. The Kier molecular flexibility index (Phi) is 4.12. The van der Waals surface area contributed by atoms with Crippen molar-refractivity contribution in [2.45, 2.75) is 0 Å². The molecule has 0 aromatic heterocycles. The van der Waals surface area contributed by atoms with Gasteiger partial charge in [-0.15, -0.1) is 0 Å². The molecule has 0 fully saturated rings. The van der Waals surface area contributed by atoms with E-state index in [1.165, 1.54) is 0 Å². The minimum Gasteiger partial charge on any atom is -0.507 e. The molecule has 3 nitrogen and oxygen atoms in total. The molecule has 0 aliphatic carbocycles. The molecule has 3 heteroatoms. The standard InChI is InChI=1S/C23H17NO2/c25-22-9-5-4-8-19(22)14-20-15-21(24-23(20)26)18-12-10-17(11-13-18)16-6-2-1-3-7-16/h1-15,25H,(H,24,26)/b20-14+. The van der Waals surface area contributed by atoms with E-state index in [0.717, 1.165) is 22.4 Å². The highest BCUT2D eigenvalue weighted by Gasteiger charge is 2.19. The van der Waals surface area contributed by atoms with Crippen LogP contribution in [-0.4, -0.2) is 11.0 Å². The number of phenols is 1. The van der Waals surface area contributed by atoms with Crippen LogP contribution in [0.15, 0.2) is 90.5 Å². The Bertz CT molecular complexity index is 1020. The molecule has 3 aromatic rings. The average molecular weight is 339 g/mol.